The number of benzene rings is 2. The van der Waals surface area contributed by atoms with Gasteiger partial charge < -0.3 is 10.1 Å². The Bertz CT molecular complexity index is 860. The van der Waals surface area contributed by atoms with Crippen molar-refractivity contribution in [1.29, 1.82) is 0 Å². The van der Waals surface area contributed by atoms with Gasteiger partial charge in [0.25, 0.3) is 0 Å². The molecule has 3 rings (SSSR count). The van der Waals surface area contributed by atoms with Crippen LogP contribution in [0.5, 0.6) is 5.75 Å². The van der Waals surface area contributed by atoms with Crippen molar-refractivity contribution in [2.24, 2.45) is 0 Å². The summed E-state index contributed by atoms with van der Waals surface area (Å²) < 4.78 is 18.5. The van der Waals surface area contributed by atoms with Crippen molar-refractivity contribution in [3.8, 4) is 17.0 Å². The van der Waals surface area contributed by atoms with Crippen LogP contribution in [0.2, 0.25) is 0 Å². The molecular formula is C20H19FN2O2S. The molecule has 1 amide bonds. The van der Waals surface area contributed by atoms with Crippen molar-refractivity contribution in [1.82, 2.24) is 4.98 Å². The third-order valence-corrected chi connectivity index (χ3v) is 4.41. The molecule has 0 spiro atoms. The summed E-state index contributed by atoms with van der Waals surface area (Å²) >= 11 is 1.37. The maximum absolute atomic E-state index is 12.9. The normalized spacial score (nSPS) is 10.5. The number of halogens is 1. The summed E-state index contributed by atoms with van der Waals surface area (Å²) in [4.78, 5) is 16.6. The second kappa shape index (κ2) is 8.58. The van der Waals surface area contributed by atoms with Crippen LogP contribution in [-0.2, 0) is 11.2 Å². The third-order valence-electron chi connectivity index (χ3n) is 3.65. The number of carbonyl (C=O) groups excluding carboxylic acids is 1. The van der Waals surface area contributed by atoms with Gasteiger partial charge in [-0.2, -0.15) is 0 Å². The smallest absolute Gasteiger partial charge is 0.230 e. The molecule has 0 atom stereocenters. The molecule has 4 nitrogen and oxygen atoms in total. The summed E-state index contributed by atoms with van der Waals surface area (Å²) in [5, 5.41) is 5.22. The summed E-state index contributed by atoms with van der Waals surface area (Å²) in [5.41, 5.74) is 2.52. The second-order valence-electron chi connectivity index (χ2n) is 5.76. The molecule has 0 saturated heterocycles. The monoisotopic (exact) mass is 370 g/mol. The van der Waals surface area contributed by atoms with E-state index in [0.717, 1.165) is 29.0 Å². The zero-order chi connectivity index (χ0) is 18.4. The van der Waals surface area contributed by atoms with E-state index < -0.39 is 0 Å². The number of anilines is 1. The SMILES string of the molecule is CCCOc1ccc(-c2csc(NC(=O)Cc3ccc(F)cc3)n2)cc1. The molecule has 0 fully saturated rings. The van der Waals surface area contributed by atoms with Gasteiger partial charge in [0.05, 0.1) is 18.7 Å². The van der Waals surface area contributed by atoms with Crippen molar-refractivity contribution in [2.45, 2.75) is 19.8 Å². The molecule has 1 N–H and O–H groups in total. The minimum Gasteiger partial charge on any atom is -0.494 e. The van der Waals surface area contributed by atoms with Crippen LogP contribution in [-0.4, -0.2) is 17.5 Å². The highest BCUT2D eigenvalue weighted by atomic mass is 32.1. The Morgan fingerprint density at radius 1 is 1.15 bits per heavy atom. The first-order chi connectivity index (χ1) is 12.6. The summed E-state index contributed by atoms with van der Waals surface area (Å²) in [6.45, 7) is 2.76. The van der Waals surface area contributed by atoms with Crippen LogP contribution >= 0.6 is 11.3 Å². The van der Waals surface area contributed by atoms with Gasteiger partial charge in [-0.15, -0.1) is 11.3 Å². The van der Waals surface area contributed by atoms with Crippen LogP contribution in [0.1, 0.15) is 18.9 Å². The number of thiazole rings is 1. The average molecular weight is 370 g/mol. The van der Waals surface area contributed by atoms with E-state index in [1.54, 1.807) is 12.1 Å². The zero-order valence-corrected chi connectivity index (χ0v) is 15.2. The van der Waals surface area contributed by atoms with Crippen molar-refractivity contribution in [3.05, 3.63) is 65.3 Å². The van der Waals surface area contributed by atoms with Gasteiger partial charge in [0, 0.05) is 10.9 Å². The highest BCUT2D eigenvalue weighted by Crippen LogP contribution is 2.26. The lowest BCUT2D eigenvalue weighted by Gasteiger charge is -2.04. The van der Waals surface area contributed by atoms with E-state index in [9.17, 15) is 9.18 Å². The lowest BCUT2D eigenvalue weighted by Crippen LogP contribution is -2.14. The van der Waals surface area contributed by atoms with Crippen LogP contribution < -0.4 is 10.1 Å². The molecule has 3 aromatic rings. The number of ether oxygens (including phenoxy) is 1. The van der Waals surface area contributed by atoms with Crippen LogP contribution in [0.25, 0.3) is 11.3 Å². The maximum Gasteiger partial charge on any atom is 0.230 e. The molecule has 0 unspecified atom stereocenters. The topological polar surface area (TPSA) is 51.2 Å². The quantitative estimate of drug-likeness (QED) is 0.642. The number of nitrogens with zero attached hydrogens (tertiary/aromatic N) is 1. The van der Waals surface area contributed by atoms with Gasteiger partial charge in [-0.1, -0.05) is 19.1 Å². The number of amides is 1. The predicted octanol–water partition coefficient (Wildman–Crippen LogP) is 4.92. The van der Waals surface area contributed by atoms with Crippen molar-refractivity contribution < 1.29 is 13.9 Å². The first-order valence-corrected chi connectivity index (χ1v) is 9.25. The van der Waals surface area contributed by atoms with Crippen LogP contribution in [0.4, 0.5) is 9.52 Å². The third kappa shape index (κ3) is 4.89. The number of nitrogens with one attached hydrogen (secondary N) is 1. The van der Waals surface area contributed by atoms with E-state index in [0.29, 0.717) is 11.7 Å². The Kier molecular flexibility index (Phi) is 5.96. The van der Waals surface area contributed by atoms with Crippen LogP contribution in [0.3, 0.4) is 0 Å². The standard InChI is InChI=1S/C20H19FN2O2S/c1-2-11-25-17-9-5-15(6-10-17)18-13-26-20(22-18)23-19(24)12-14-3-7-16(21)8-4-14/h3-10,13H,2,11-12H2,1H3,(H,22,23,24). The van der Waals surface area contributed by atoms with Crippen LogP contribution in [0, 0.1) is 5.82 Å². The number of hydrogen-bond acceptors (Lipinski definition) is 4. The van der Waals surface area contributed by atoms with Gasteiger partial charge in [-0.05, 0) is 48.4 Å². The molecule has 0 aliphatic heterocycles. The molecule has 0 saturated carbocycles. The Hall–Kier alpha value is -2.73. The van der Waals surface area contributed by atoms with E-state index in [1.807, 2.05) is 29.6 Å². The summed E-state index contributed by atoms with van der Waals surface area (Å²) in [5.74, 6) is 0.337. The molecular weight excluding hydrogens is 351 g/mol. The van der Waals surface area contributed by atoms with Gasteiger partial charge in [-0.3, -0.25) is 4.79 Å². The molecule has 1 heterocycles. The summed E-state index contributed by atoms with van der Waals surface area (Å²) in [6, 6.07) is 13.6. The van der Waals surface area contributed by atoms with Gasteiger partial charge in [-0.25, -0.2) is 9.37 Å². The Balaban J connectivity index is 1.60. The molecule has 0 radical (unpaired) electrons. The number of hydrogen-bond donors (Lipinski definition) is 1. The predicted molar refractivity (Wildman–Crippen MR) is 102 cm³/mol. The van der Waals surface area contributed by atoms with Crippen molar-refractivity contribution in [3.63, 3.8) is 0 Å². The number of carbonyl (C=O) groups is 1. The highest BCUT2D eigenvalue weighted by Gasteiger charge is 2.09. The van der Waals surface area contributed by atoms with Gasteiger partial charge in [0.2, 0.25) is 5.91 Å². The fourth-order valence-corrected chi connectivity index (χ4v) is 3.09. The Morgan fingerprint density at radius 2 is 1.88 bits per heavy atom. The molecule has 1 aromatic heterocycles. The fraction of sp³-hybridized carbons (Fsp3) is 0.200. The fourth-order valence-electron chi connectivity index (χ4n) is 2.36. The minimum atomic E-state index is -0.315. The van der Waals surface area contributed by atoms with Crippen LogP contribution in [0.15, 0.2) is 53.9 Å². The first kappa shape index (κ1) is 18.1. The van der Waals surface area contributed by atoms with Crippen molar-refractivity contribution in [2.75, 3.05) is 11.9 Å². The second-order valence-corrected chi connectivity index (χ2v) is 6.62. The lowest BCUT2D eigenvalue weighted by molar-refractivity contribution is -0.115. The van der Waals surface area contributed by atoms with Gasteiger partial charge in [0.1, 0.15) is 11.6 Å². The molecule has 0 aliphatic rings. The average Bonchev–Trinajstić information content (AvgIpc) is 3.10. The van der Waals surface area contributed by atoms with Crippen molar-refractivity contribution >= 4 is 22.4 Å². The largest absolute Gasteiger partial charge is 0.494 e. The highest BCUT2D eigenvalue weighted by molar-refractivity contribution is 7.14. The Morgan fingerprint density at radius 3 is 2.58 bits per heavy atom. The lowest BCUT2D eigenvalue weighted by atomic mass is 10.1. The minimum absolute atomic E-state index is 0.179. The van der Waals surface area contributed by atoms with Gasteiger partial charge >= 0.3 is 0 Å². The van der Waals surface area contributed by atoms with E-state index in [2.05, 4.69) is 17.2 Å². The molecule has 0 aliphatic carbocycles. The summed E-state index contributed by atoms with van der Waals surface area (Å²) in [7, 11) is 0. The number of aromatic nitrogens is 1. The Labute approximate surface area is 155 Å². The molecule has 2 aromatic carbocycles. The van der Waals surface area contributed by atoms with E-state index >= 15 is 0 Å². The van der Waals surface area contributed by atoms with E-state index in [-0.39, 0.29) is 18.1 Å². The molecule has 26 heavy (non-hydrogen) atoms. The molecule has 134 valence electrons. The summed E-state index contributed by atoms with van der Waals surface area (Å²) in [6.07, 6.45) is 1.15. The van der Waals surface area contributed by atoms with E-state index in [1.165, 1.54) is 23.5 Å². The number of rotatable bonds is 7. The van der Waals surface area contributed by atoms with Gasteiger partial charge in [0.15, 0.2) is 5.13 Å². The molecule has 0 bridgehead atoms. The maximum atomic E-state index is 12.9. The van der Waals surface area contributed by atoms with E-state index in [4.69, 9.17) is 4.74 Å². The first-order valence-electron chi connectivity index (χ1n) is 8.37. The molecule has 6 heteroatoms. The zero-order valence-electron chi connectivity index (χ0n) is 14.4.